The summed E-state index contributed by atoms with van der Waals surface area (Å²) >= 11 is 0. The Morgan fingerprint density at radius 2 is 1.80 bits per heavy atom. The number of nitrogens with one attached hydrogen (secondary N) is 1. The molecule has 7 heteroatoms. The monoisotopic (exact) mass is 406 g/mol. The maximum absolute atomic E-state index is 13.1. The molecule has 1 N–H and O–H groups in total. The van der Waals surface area contributed by atoms with Crippen LogP contribution in [0.25, 0.3) is 0 Å². The highest BCUT2D eigenvalue weighted by molar-refractivity contribution is 5.97. The molecule has 0 saturated carbocycles. The molecule has 0 radical (unpaired) electrons. The third-order valence-corrected chi connectivity index (χ3v) is 5.14. The third-order valence-electron chi connectivity index (χ3n) is 5.14. The van der Waals surface area contributed by atoms with Gasteiger partial charge in [-0.05, 0) is 43.9 Å². The van der Waals surface area contributed by atoms with E-state index in [-0.39, 0.29) is 5.91 Å². The Hall–Kier alpha value is -3.35. The molecule has 4 rings (SSSR count). The van der Waals surface area contributed by atoms with Crippen molar-refractivity contribution in [2.45, 2.75) is 32.2 Å². The Kier molecular flexibility index (Phi) is 6.27. The molecule has 1 aromatic heterocycles. The summed E-state index contributed by atoms with van der Waals surface area (Å²) in [6.07, 6.45) is 3.45. The first-order chi connectivity index (χ1) is 14.8. The minimum Gasteiger partial charge on any atom is -0.493 e. The Balaban J connectivity index is 1.62. The van der Waals surface area contributed by atoms with E-state index in [1.54, 1.807) is 12.1 Å². The van der Waals surface area contributed by atoms with E-state index >= 15 is 0 Å². The zero-order valence-electron chi connectivity index (χ0n) is 17.1. The number of piperidine rings is 1. The van der Waals surface area contributed by atoms with Crippen molar-refractivity contribution >= 4 is 11.9 Å². The number of aromatic nitrogens is 2. The van der Waals surface area contributed by atoms with Gasteiger partial charge in [-0.3, -0.25) is 4.79 Å². The van der Waals surface area contributed by atoms with Crippen molar-refractivity contribution in [2.24, 2.45) is 0 Å². The van der Waals surface area contributed by atoms with Crippen LogP contribution in [-0.4, -0.2) is 35.8 Å². The lowest BCUT2D eigenvalue weighted by Crippen LogP contribution is -2.30. The average molecular weight is 406 g/mol. The number of ether oxygens (including phenoxy) is 1. The Morgan fingerprint density at radius 3 is 2.57 bits per heavy atom. The largest absolute Gasteiger partial charge is 0.493 e. The first kappa shape index (κ1) is 19.9. The summed E-state index contributed by atoms with van der Waals surface area (Å²) in [7, 11) is 0. The van der Waals surface area contributed by atoms with Gasteiger partial charge in [-0.1, -0.05) is 47.6 Å². The number of carbonyl (C=O) groups is 1. The second-order valence-corrected chi connectivity index (χ2v) is 7.22. The zero-order valence-corrected chi connectivity index (χ0v) is 17.1. The molecule has 1 fully saturated rings. The molecule has 1 unspecified atom stereocenters. The van der Waals surface area contributed by atoms with Gasteiger partial charge in [0.25, 0.3) is 5.91 Å². The maximum atomic E-state index is 13.1. The number of carbonyl (C=O) groups excluding carboxylic acids is 1. The van der Waals surface area contributed by atoms with Crippen molar-refractivity contribution in [1.82, 2.24) is 15.5 Å². The van der Waals surface area contributed by atoms with E-state index < -0.39 is 6.04 Å². The van der Waals surface area contributed by atoms with Gasteiger partial charge in [0.15, 0.2) is 0 Å². The van der Waals surface area contributed by atoms with Gasteiger partial charge in [-0.15, -0.1) is 5.10 Å². The Labute approximate surface area is 176 Å². The van der Waals surface area contributed by atoms with Crippen LogP contribution in [0.1, 0.15) is 54.0 Å². The maximum Gasteiger partial charge on any atom is 0.318 e. The van der Waals surface area contributed by atoms with Crippen LogP contribution in [0, 0.1) is 0 Å². The lowest BCUT2D eigenvalue weighted by atomic mass is 10.1. The SMILES string of the molecule is CCOc1ccccc1C(=O)NC(c1ccccc1)c1nnc(N2CCCCC2)o1. The van der Waals surface area contributed by atoms with E-state index in [9.17, 15) is 4.79 Å². The molecule has 2 aromatic carbocycles. The van der Waals surface area contributed by atoms with Gasteiger partial charge >= 0.3 is 6.01 Å². The first-order valence-corrected chi connectivity index (χ1v) is 10.4. The summed E-state index contributed by atoms with van der Waals surface area (Å²) in [6.45, 7) is 4.19. The molecule has 0 spiro atoms. The highest BCUT2D eigenvalue weighted by Crippen LogP contribution is 2.27. The van der Waals surface area contributed by atoms with Crippen LogP contribution in [-0.2, 0) is 0 Å². The second kappa shape index (κ2) is 9.43. The molecule has 7 nitrogen and oxygen atoms in total. The highest BCUT2D eigenvalue weighted by Gasteiger charge is 2.26. The van der Waals surface area contributed by atoms with Crippen LogP contribution in [0.4, 0.5) is 6.01 Å². The molecular formula is C23H26N4O3. The zero-order chi connectivity index (χ0) is 20.8. The van der Waals surface area contributed by atoms with E-state index in [0.29, 0.717) is 29.8 Å². The standard InChI is InChI=1S/C23H26N4O3/c1-2-29-19-14-8-7-13-18(19)21(28)24-20(17-11-5-3-6-12-17)22-25-26-23(30-22)27-15-9-4-10-16-27/h3,5-8,11-14,20H,2,4,9-10,15-16H2,1H3,(H,24,28). The molecule has 30 heavy (non-hydrogen) atoms. The van der Waals surface area contributed by atoms with E-state index in [4.69, 9.17) is 9.15 Å². The van der Waals surface area contributed by atoms with E-state index in [2.05, 4.69) is 20.4 Å². The number of hydrogen-bond acceptors (Lipinski definition) is 6. The number of anilines is 1. The minimum atomic E-state index is -0.556. The quantitative estimate of drug-likeness (QED) is 0.639. The van der Waals surface area contributed by atoms with Crippen molar-refractivity contribution < 1.29 is 13.9 Å². The fourth-order valence-electron chi connectivity index (χ4n) is 3.63. The van der Waals surface area contributed by atoms with Crippen LogP contribution in [0.3, 0.4) is 0 Å². The van der Waals surface area contributed by atoms with E-state index in [0.717, 1.165) is 31.5 Å². The average Bonchev–Trinajstić information content (AvgIpc) is 3.29. The number of benzene rings is 2. The van der Waals surface area contributed by atoms with Crippen LogP contribution in [0.15, 0.2) is 59.0 Å². The molecule has 3 aromatic rings. The lowest BCUT2D eigenvalue weighted by Gasteiger charge is -2.24. The smallest absolute Gasteiger partial charge is 0.318 e. The predicted octanol–water partition coefficient (Wildman–Crippen LogP) is 3.98. The van der Waals surface area contributed by atoms with Gasteiger partial charge in [-0.25, -0.2) is 0 Å². The van der Waals surface area contributed by atoms with E-state index in [1.165, 1.54) is 6.42 Å². The number of rotatable bonds is 7. The molecule has 1 aliphatic heterocycles. The molecule has 2 heterocycles. The fourth-order valence-corrected chi connectivity index (χ4v) is 3.63. The van der Waals surface area contributed by atoms with E-state index in [1.807, 2.05) is 49.4 Å². The number of nitrogens with zero attached hydrogens (tertiary/aromatic N) is 3. The summed E-state index contributed by atoms with van der Waals surface area (Å²) in [4.78, 5) is 15.2. The molecule has 1 saturated heterocycles. The Morgan fingerprint density at radius 1 is 1.07 bits per heavy atom. The molecule has 1 aliphatic rings. The van der Waals surface area contributed by atoms with Crippen LogP contribution in [0.2, 0.25) is 0 Å². The topological polar surface area (TPSA) is 80.5 Å². The molecule has 1 atom stereocenters. The molecular weight excluding hydrogens is 380 g/mol. The predicted molar refractivity (Wildman–Crippen MR) is 114 cm³/mol. The highest BCUT2D eigenvalue weighted by atomic mass is 16.5. The summed E-state index contributed by atoms with van der Waals surface area (Å²) in [5.41, 5.74) is 1.34. The van der Waals surface area contributed by atoms with Crippen molar-refractivity contribution in [2.75, 3.05) is 24.6 Å². The van der Waals surface area contributed by atoms with Crippen LogP contribution in [0.5, 0.6) is 5.75 Å². The van der Waals surface area contributed by atoms with Gasteiger partial charge in [-0.2, -0.15) is 0 Å². The number of para-hydroxylation sites is 1. The fraction of sp³-hybridized carbons (Fsp3) is 0.348. The van der Waals surface area contributed by atoms with Gasteiger partial charge in [0.2, 0.25) is 5.89 Å². The lowest BCUT2D eigenvalue weighted by molar-refractivity contribution is 0.0934. The second-order valence-electron chi connectivity index (χ2n) is 7.22. The number of amides is 1. The molecule has 156 valence electrons. The van der Waals surface area contributed by atoms with Crippen molar-refractivity contribution in [3.63, 3.8) is 0 Å². The number of hydrogen-bond donors (Lipinski definition) is 1. The van der Waals surface area contributed by atoms with Gasteiger partial charge in [0, 0.05) is 13.1 Å². The molecule has 0 bridgehead atoms. The van der Waals surface area contributed by atoms with Crippen molar-refractivity contribution in [3.8, 4) is 5.75 Å². The Bertz CT molecular complexity index is 967. The molecule has 1 amide bonds. The van der Waals surface area contributed by atoms with Crippen LogP contribution < -0.4 is 15.0 Å². The van der Waals surface area contributed by atoms with Gasteiger partial charge in [0.05, 0.1) is 12.2 Å². The van der Waals surface area contributed by atoms with Crippen molar-refractivity contribution in [1.29, 1.82) is 0 Å². The summed E-state index contributed by atoms with van der Waals surface area (Å²) in [6, 6.07) is 16.8. The third kappa shape index (κ3) is 4.45. The van der Waals surface area contributed by atoms with Gasteiger partial charge in [0.1, 0.15) is 11.8 Å². The first-order valence-electron chi connectivity index (χ1n) is 10.4. The normalized spacial score (nSPS) is 14.9. The summed E-state index contributed by atoms with van der Waals surface area (Å²) < 4.78 is 11.6. The summed E-state index contributed by atoms with van der Waals surface area (Å²) in [5, 5.41) is 11.6. The summed E-state index contributed by atoms with van der Waals surface area (Å²) in [5.74, 6) is 0.651. The van der Waals surface area contributed by atoms with Gasteiger partial charge < -0.3 is 19.4 Å². The minimum absolute atomic E-state index is 0.259. The molecule has 0 aliphatic carbocycles. The van der Waals surface area contributed by atoms with Crippen LogP contribution >= 0.6 is 0 Å². The van der Waals surface area contributed by atoms with Crippen molar-refractivity contribution in [3.05, 3.63) is 71.6 Å².